The molecule has 0 aliphatic rings. The standard InChI is InChI=1S/C29H28F3N7O7/c1-2-39-25-21(13-35-22(15-6-4-3-5-7-15)23(25)36-27(39)24-26(33)38-46-37-24)44-14-17(40)11-34-12-19(42)16-8-9-20(18(41)10-16)45-28(43)29(30,31)32/h3-10,13,17,19,34,40-42H,2,11-12,14H2,1H3,(H2,33,38)/t17?,19-/m0/s1. The van der Waals surface area contributed by atoms with Crippen LogP contribution in [0.3, 0.4) is 0 Å². The van der Waals surface area contributed by atoms with Crippen LogP contribution in [0.25, 0.3) is 33.8 Å². The first-order chi connectivity index (χ1) is 22.0. The van der Waals surface area contributed by atoms with Gasteiger partial charge in [-0.15, -0.1) is 0 Å². The van der Waals surface area contributed by atoms with Crippen molar-refractivity contribution in [2.75, 3.05) is 25.4 Å². The number of hydrogen-bond acceptors (Lipinski definition) is 13. The van der Waals surface area contributed by atoms with Gasteiger partial charge in [0.05, 0.1) is 18.0 Å². The Hall–Kier alpha value is -5.26. The SMILES string of the molecule is CCn1c(-c2nonc2N)nc2c(-c3ccccc3)ncc(OCC(O)CNC[C@H](O)c3ccc(OC(=O)C(F)(F)F)c(O)c3)c21. The van der Waals surface area contributed by atoms with E-state index in [1.54, 1.807) is 0 Å². The fourth-order valence-corrected chi connectivity index (χ4v) is 4.60. The van der Waals surface area contributed by atoms with Gasteiger partial charge in [-0.2, -0.15) is 13.2 Å². The van der Waals surface area contributed by atoms with Gasteiger partial charge in [0.25, 0.3) is 0 Å². The van der Waals surface area contributed by atoms with Crippen LogP contribution in [-0.4, -0.2) is 78.1 Å². The maximum absolute atomic E-state index is 12.4. The number of carbonyl (C=O) groups is 1. The Morgan fingerprint density at radius 3 is 2.50 bits per heavy atom. The number of fused-ring (bicyclic) bond motifs is 1. The van der Waals surface area contributed by atoms with Crippen molar-refractivity contribution in [1.82, 2.24) is 30.2 Å². The maximum Gasteiger partial charge on any atom is 0.491 e. The van der Waals surface area contributed by atoms with Gasteiger partial charge in [-0.3, -0.25) is 0 Å². The molecule has 0 saturated heterocycles. The number of benzene rings is 2. The minimum atomic E-state index is -5.24. The van der Waals surface area contributed by atoms with E-state index in [0.717, 1.165) is 17.7 Å². The highest BCUT2D eigenvalue weighted by Gasteiger charge is 2.41. The Morgan fingerprint density at radius 1 is 1.09 bits per heavy atom. The van der Waals surface area contributed by atoms with Crippen molar-refractivity contribution >= 4 is 22.8 Å². The van der Waals surface area contributed by atoms with Gasteiger partial charge in [-0.1, -0.05) is 36.4 Å². The van der Waals surface area contributed by atoms with Gasteiger partial charge >= 0.3 is 12.1 Å². The number of alkyl halides is 3. The summed E-state index contributed by atoms with van der Waals surface area (Å²) in [6.45, 7) is 2.03. The summed E-state index contributed by atoms with van der Waals surface area (Å²) in [4.78, 5) is 20.4. The Morgan fingerprint density at radius 2 is 1.85 bits per heavy atom. The number of aliphatic hydroxyl groups excluding tert-OH is 2. The molecule has 0 bridgehead atoms. The fraction of sp³-hybridized carbons (Fsp3) is 0.276. The average Bonchev–Trinajstić information content (AvgIpc) is 3.63. The number of halogens is 3. The average molecular weight is 644 g/mol. The number of ether oxygens (including phenoxy) is 2. The van der Waals surface area contributed by atoms with Gasteiger partial charge in [0.15, 0.2) is 34.6 Å². The zero-order valence-corrected chi connectivity index (χ0v) is 24.1. The molecule has 5 aromatic rings. The Labute approximate surface area is 258 Å². The van der Waals surface area contributed by atoms with E-state index in [-0.39, 0.29) is 36.8 Å². The van der Waals surface area contributed by atoms with E-state index in [1.807, 2.05) is 41.8 Å². The van der Waals surface area contributed by atoms with Crippen molar-refractivity contribution in [3.63, 3.8) is 0 Å². The highest BCUT2D eigenvalue weighted by Crippen LogP contribution is 2.36. The van der Waals surface area contributed by atoms with E-state index in [4.69, 9.17) is 20.1 Å². The summed E-state index contributed by atoms with van der Waals surface area (Å²) < 4.78 is 54.0. The van der Waals surface area contributed by atoms with Crippen molar-refractivity contribution in [2.45, 2.75) is 31.9 Å². The highest BCUT2D eigenvalue weighted by atomic mass is 19.4. The Bertz CT molecular complexity index is 1830. The number of nitrogen functional groups attached to an aromatic ring is 1. The number of phenols is 1. The van der Waals surface area contributed by atoms with Crippen LogP contribution < -0.4 is 20.5 Å². The number of nitrogens with two attached hydrogens (primary N) is 1. The topological polar surface area (TPSA) is 204 Å². The number of pyridine rings is 1. The van der Waals surface area contributed by atoms with Crippen molar-refractivity contribution < 1.29 is 47.4 Å². The summed E-state index contributed by atoms with van der Waals surface area (Å²) in [5.74, 6) is -3.20. The van der Waals surface area contributed by atoms with Gasteiger partial charge in [0.1, 0.15) is 23.7 Å². The molecule has 0 aliphatic carbocycles. The van der Waals surface area contributed by atoms with Crippen LogP contribution in [0, 0.1) is 0 Å². The number of aryl methyl sites for hydroxylation is 1. The van der Waals surface area contributed by atoms with E-state index in [9.17, 15) is 33.3 Å². The first-order valence-electron chi connectivity index (χ1n) is 13.8. The van der Waals surface area contributed by atoms with E-state index >= 15 is 0 Å². The largest absolute Gasteiger partial charge is 0.504 e. The molecule has 242 valence electrons. The van der Waals surface area contributed by atoms with Crippen LogP contribution in [0.5, 0.6) is 17.2 Å². The van der Waals surface area contributed by atoms with Gasteiger partial charge in [-0.05, 0) is 34.9 Å². The zero-order chi connectivity index (χ0) is 33.0. The fourth-order valence-electron chi connectivity index (χ4n) is 4.60. The molecule has 0 fully saturated rings. The highest BCUT2D eigenvalue weighted by molar-refractivity contribution is 5.95. The van der Waals surface area contributed by atoms with Crippen molar-refractivity contribution in [3.05, 3.63) is 60.3 Å². The number of rotatable bonds is 12. The summed E-state index contributed by atoms with van der Waals surface area (Å²) in [6.07, 6.45) is -5.99. The first-order valence-corrected chi connectivity index (χ1v) is 13.8. The molecule has 1 unspecified atom stereocenters. The molecule has 6 N–H and O–H groups in total. The molecule has 5 rings (SSSR count). The molecule has 2 aromatic carbocycles. The number of hydrogen-bond donors (Lipinski definition) is 5. The molecule has 0 radical (unpaired) electrons. The number of imidazole rings is 1. The van der Waals surface area contributed by atoms with E-state index in [2.05, 4.69) is 25.4 Å². The summed E-state index contributed by atoms with van der Waals surface area (Å²) in [5.41, 5.74) is 8.81. The van der Waals surface area contributed by atoms with Crippen molar-refractivity contribution in [1.29, 1.82) is 0 Å². The van der Waals surface area contributed by atoms with Crippen molar-refractivity contribution in [3.8, 4) is 40.0 Å². The van der Waals surface area contributed by atoms with E-state index in [0.29, 0.717) is 34.8 Å². The normalized spacial score (nSPS) is 13.1. The zero-order valence-electron chi connectivity index (χ0n) is 24.1. The molecule has 14 nitrogen and oxygen atoms in total. The van der Waals surface area contributed by atoms with Crippen LogP contribution in [0.1, 0.15) is 18.6 Å². The van der Waals surface area contributed by atoms with Crippen LogP contribution in [0.15, 0.2) is 59.4 Å². The molecular formula is C29H28F3N7O7. The first kappa shape index (κ1) is 32.1. The van der Waals surface area contributed by atoms with E-state index in [1.165, 1.54) is 12.3 Å². The Balaban J connectivity index is 1.26. The quantitative estimate of drug-likeness (QED) is 0.0981. The predicted molar refractivity (Wildman–Crippen MR) is 155 cm³/mol. The third kappa shape index (κ3) is 6.85. The number of aromatic nitrogens is 5. The number of anilines is 1. The predicted octanol–water partition coefficient (Wildman–Crippen LogP) is 2.99. The third-order valence-corrected chi connectivity index (χ3v) is 6.78. The number of aliphatic hydroxyl groups is 2. The van der Waals surface area contributed by atoms with Gasteiger partial charge < -0.3 is 40.4 Å². The lowest BCUT2D eigenvalue weighted by molar-refractivity contribution is -0.189. The minimum absolute atomic E-state index is 0.0254. The number of nitrogens with zero attached hydrogens (tertiary/aromatic N) is 5. The van der Waals surface area contributed by atoms with Gasteiger partial charge in [0.2, 0.25) is 0 Å². The smallest absolute Gasteiger partial charge is 0.491 e. The Kier molecular flexibility index (Phi) is 9.36. The molecule has 0 spiro atoms. The van der Waals surface area contributed by atoms with Gasteiger partial charge in [-0.25, -0.2) is 19.4 Å². The molecule has 2 atom stereocenters. The third-order valence-electron chi connectivity index (χ3n) is 6.78. The summed E-state index contributed by atoms with van der Waals surface area (Å²) in [6, 6.07) is 12.5. The minimum Gasteiger partial charge on any atom is -0.504 e. The number of carbonyl (C=O) groups excluding carboxylic acids is 1. The van der Waals surface area contributed by atoms with Crippen molar-refractivity contribution in [2.24, 2.45) is 0 Å². The molecule has 0 saturated carbocycles. The monoisotopic (exact) mass is 643 g/mol. The summed E-state index contributed by atoms with van der Waals surface area (Å²) >= 11 is 0. The second kappa shape index (κ2) is 13.4. The molecular weight excluding hydrogens is 615 g/mol. The molecule has 0 aliphatic heterocycles. The number of aromatic hydroxyl groups is 1. The maximum atomic E-state index is 12.4. The number of nitrogens with one attached hydrogen (secondary N) is 1. The van der Waals surface area contributed by atoms with Crippen LogP contribution >= 0.6 is 0 Å². The second-order valence-electron chi connectivity index (χ2n) is 9.97. The number of phenolic OH excluding ortho intramolecular Hbond substituents is 1. The lowest BCUT2D eigenvalue weighted by Crippen LogP contribution is -2.33. The number of esters is 1. The van der Waals surface area contributed by atoms with E-state index < -0.39 is 35.9 Å². The lowest BCUT2D eigenvalue weighted by Gasteiger charge is -2.17. The van der Waals surface area contributed by atoms with Crippen LogP contribution in [0.2, 0.25) is 0 Å². The van der Waals surface area contributed by atoms with Crippen LogP contribution in [0.4, 0.5) is 19.0 Å². The summed E-state index contributed by atoms with van der Waals surface area (Å²) in [7, 11) is 0. The molecule has 3 aromatic heterocycles. The molecule has 3 heterocycles. The lowest BCUT2D eigenvalue weighted by atomic mass is 10.1. The summed E-state index contributed by atoms with van der Waals surface area (Å²) in [5, 5.41) is 41.4. The molecule has 46 heavy (non-hydrogen) atoms. The second-order valence-corrected chi connectivity index (χ2v) is 9.97. The van der Waals surface area contributed by atoms with Crippen LogP contribution in [-0.2, 0) is 11.3 Å². The molecule has 0 amide bonds. The molecule has 17 heteroatoms. The van der Waals surface area contributed by atoms with Gasteiger partial charge in [0, 0.05) is 25.2 Å².